The topological polar surface area (TPSA) is 39.7 Å². The van der Waals surface area contributed by atoms with Crippen molar-refractivity contribution in [2.24, 2.45) is 0 Å². The lowest BCUT2D eigenvalue weighted by Gasteiger charge is -2.17. The minimum Gasteiger partial charge on any atom is -0.493 e. The van der Waals surface area contributed by atoms with Crippen LogP contribution >= 0.6 is 24.0 Å². The molecule has 1 aliphatic heterocycles. The molecule has 1 heterocycles. The maximum absolute atomic E-state index is 6.22. The Morgan fingerprint density at radius 3 is 2.69 bits per heavy atom. The SMILES string of the molecule is COc1cccc(CNCC2CCCO2)c1OCc1ccccc1Cl.Cl. The fourth-order valence-electron chi connectivity index (χ4n) is 2.96. The first-order valence-electron chi connectivity index (χ1n) is 8.62. The van der Waals surface area contributed by atoms with Gasteiger partial charge in [-0.05, 0) is 25.0 Å². The molecule has 1 fully saturated rings. The second-order valence-electron chi connectivity index (χ2n) is 6.09. The molecule has 4 nitrogen and oxygen atoms in total. The zero-order valence-electron chi connectivity index (χ0n) is 14.9. The molecular weight excluding hydrogens is 373 g/mol. The zero-order chi connectivity index (χ0) is 17.5. The second kappa shape index (κ2) is 10.6. The molecular formula is C20H25Cl2NO3. The van der Waals surface area contributed by atoms with Crippen LogP contribution in [0.5, 0.6) is 11.5 Å². The van der Waals surface area contributed by atoms with E-state index in [0.29, 0.717) is 24.3 Å². The van der Waals surface area contributed by atoms with Gasteiger partial charge in [0.05, 0.1) is 13.2 Å². The van der Waals surface area contributed by atoms with Gasteiger partial charge >= 0.3 is 0 Å². The third-order valence-corrected chi connectivity index (χ3v) is 4.69. The fourth-order valence-corrected chi connectivity index (χ4v) is 3.15. The maximum atomic E-state index is 6.22. The molecule has 0 saturated carbocycles. The summed E-state index contributed by atoms with van der Waals surface area (Å²) in [5, 5.41) is 4.16. The number of ether oxygens (including phenoxy) is 3. The van der Waals surface area contributed by atoms with Crippen LogP contribution in [0.15, 0.2) is 42.5 Å². The smallest absolute Gasteiger partial charge is 0.166 e. The van der Waals surface area contributed by atoms with Crippen LogP contribution < -0.4 is 14.8 Å². The zero-order valence-corrected chi connectivity index (χ0v) is 16.4. The van der Waals surface area contributed by atoms with Gasteiger partial charge in [0.15, 0.2) is 11.5 Å². The Hall–Kier alpha value is -1.46. The first kappa shape index (κ1) is 20.8. The number of rotatable bonds is 8. The molecule has 1 aliphatic rings. The highest BCUT2D eigenvalue weighted by Gasteiger charge is 2.16. The molecule has 0 aromatic heterocycles. The van der Waals surface area contributed by atoms with Crippen molar-refractivity contribution in [2.75, 3.05) is 20.3 Å². The molecule has 1 atom stereocenters. The van der Waals surface area contributed by atoms with Gasteiger partial charge in [0.2, 0.25) is 0 Å². The number of methoxy groups -OCH3 is 1. The first-order valence-corrected chi connectivity index (χ1v) is 9.00. The van der Waals surface area contributed by atoms with E-state index in [1.54, 1.807) is 7.11 Å². The molecule has 26 heavy (non-hydrogen) atoms. The van der Waals surface area contributed by atoms with E-state index in [-0.39, 0.29) is 12.4 Å². The molecule has 2 aromatic carbocycles. The molecule has 0 aliphatic carbocycles. The van der Waals surface area contributed by atoms with Crippen molar-refractivity contribution >= 4 is 24.0 Å². The standard InChI is InChI=1S/C20H24ClNO3.ClH/c1-23-19-10-4-7-15(12-22-13-17-8-5-11-24-17)20(19)25-14-16-6-2-3-9-18(16)21;/h2-4,6-7,9-10,17,22H,5,8,11-14H2,1H3;1H. The van der Waals surface area contributed by atoms with Crippen LogP contribution in [-0.2, 0) is 17.9 Å². The highest BCUT2D eigenvalue weighted by atomic mass is 35.5. The average molecular weight is 398 g/mol. The van der Waals surface area contributed by atoms with E-state index >= 15 is 0 Å². The van der Waals surface area contributed by atoms with Gasteiger partial charge in [-0.25, -0.2) is 0 Å². The summed E-state index contributed by atoms with van der Waals surface area (Å²) in [6.45, 7) is 2.83. The van der Waals surface area contributed by atoms with Crippen molar-refractivity contribution in [2.45, 2.75) is 32.1 Å². The molecule has 1 unspecified atom stereocenters. The number of hydrogen-bond donors (Lipinski definition) is 1. The van der Waals surface area contributed by atoms with Crippen molar-refractivity contribution < 1.29 is 14.2 Å². The summed E-state index contributed by atoms with van der Waals surface area (Å²) < 4.78 is 17.2. The summed E-state index contributed by atoms with van der Waals surface area (Å²) >= 11 is 6.22. The maximum Gasteiger partial charge on any atom is 0.166 e. The van der Waals surface area contributed by atoms with E-state index in [0.717, 1.165) is 48.6 Å². The van der Waals surface area contributed by atoms with Gasteiger partial charge in [-0.3, -0.25) is 0 Å². The van der Waals surface area contributed by atoms with Gasteiger partial charge in [-0.1, -0.05) is 41.9 Å². The monoisotopic (exact) mass is 397 g/mol. The molecule has 0 bridgehead atoms. The van der Waals surface area contributed by atoms with Crippen LogP contribution in [0.1, 0.15) is 24.0 Å². The lowest BCUT2D eigenvalue weighted by molar-refractivity contribution is 0.110. The molecule has 0 radical (unpaired) electrons. The summed E-state index contributed by atoms with van der Waals surface area (Å²) in [5.74, 6) is 1.48. The predicted octanol–water partition coefficient (Wildman–Crippen LogP) is 4.62. The van der Waals surface area contributed by atoms with Gasteiger partial charge in [-0.2, -0.15) is 0 Å². The van der Waals surface area contributed by atoms with Gasteiger partial charge in [0, 0.05) is 35.8 Å². The van der Waals surface area contributed by atoms with Crippen LogP contribution in [0.4, 0.5) is 0 Å². The van der Waals surface area contributed by atoms with Crippen LogP contribution in [0.25, 0.3) is 0 Å². The van der Waals surface area contributed by atoms with Crippen LogP contribution in [0.2, 0.25) is 5.02 Å². The van der Waals surface area contributed by atoms with Gasteiger partial charge in [0.1, 0.15) is 6.61 Å². The largest absolute Gasteiger partial charge is 0.493 e. The van der Waals surface area contributed by atoms with Crippen LogP contribution in [-0.4, -0.2) is 26.4 Å². The number of benzene rings is 2. The van der Waals surface area contributed by atoms with Crippen molar-refractivity contribution in [1.82, 2.24) is 5.32 Å². The Balaban J connectivity index is 0.00000243. The van der Waals surface area contributed by atoms with E-state index in [1.165, 1.54) is 0 Å². The van der Waals surface area contributed by atoms with E-state index < -0.39 is 0 Å². The molecule has 0 amide bonds. The fraction of sp³-hybridized carbons (Fsp3) is 0.400. The van der Waals surface area contributed by atoms with Crippen molar-refractivity contribution in [3.05, 3.63) is 58.6 Å². The summed E-state index contributed by atoms with van der Waals surface area (Å²) in [5.41, 5.74) is 2.01. The quantitative estimate of drug-likeness (QED) is 0.705. The minimum atomic E-state index is 0. The Labute approximate surface area is 166 Å². The van der Waals surface area contributed by atoms with E-state index in [9.17, 15) is 0 Å². The number of halogens is 2. The minimum absolute atomic E-state index is 0. The number of hydrogen-bond acceptors (Lipinski definition) is 4. The molecule has 1 N–H and O–H groups in total. The van der Waals surface area contributed by atoms with Gasteiger partial charge < -0.3 is 19.5 Å². The van der Waals surface area contributed by atoms with Crippen LogP contribution in [0, 0.1) is 0 Å². The predicted molar refractivity (Wildman–Crippen MR) is 107 cm³/mol. The molecule has 3 rings (SSSR count). The molecule has 1 saturated heterocycles. The normalized spacial score (nSPS) is 16.2. The number of para-hydroxylation sites is 1. The molecule has 142 valence electrons. The van der Waals surface area contributed by atoms with Crippen molar-refractivity contribution in [1.29, 1.82) is 0 Å². The highest BCUT2D eigenvalue weighted by Crippen LogP contribution is 2.32. The van der Waals surface area contributed by atoms with Crippen molar-refractivity contribution in [3.63, 3.8) is 0 Å². The van der Waals surface area contributed by atoms with Crippen molar-refractivity contribution in [3.8, 4) is 11.5 Å². The van der Waals surface area contributed by atoms with E-state index in [4.69, 9.17) is 25.8 Å². The molecule has 6 heteroatoms. The molecule has 2 aromatic rings. The number of nitrogens with one attached hydrogen (secondary N) is 1. The summed E-state index contributed by atoms with van der Waals surface area (Å²) in [6, 6.07) is 13.6. The lowest BCUT2D eigenvalue weighted by Crippen LogP contribution is -2.26. The Bertz CT molecular complexity index is 691. The summed E-state index contributed by atoms with van der Waals surface area (Å²) in [7, 11) is 1.65. The average Bonchev–Trinajstić information content (AvgIpc) is 3.15. The Morgan fingerprint density at radius 2 is 1.96 bits per heavy atom. The molecule has 0 spiro atoms. The summed E-state index contributed by atoms with van der Waals surface area (Å²) in [4.78, 5) is 0. The summed E-state index contributed by atoms with van der Waals surface area (Å²) in [6.07, 6.45) is 2.59. The lowest BCUT2D eigenvalue weighted by atomic mass is 10.1. The van der Waals surface area contributed by atoms with Gasteiger partial charge in [-0.15, -0.1) is 12.4 Å². The second-order valence-corrected chi connectivity index (χ2v) is 6.50. The van der Waals surface area contributed by atoms with E-state index in [2.05, 4.69) is 5.32 Å². The third kappa shape index (κ3) is 5.52. The third-order valence-electron chi connectivity index (χ3n) is 4.32. The van der Waals surface area contributed by atoms with Gasteiger partial charge in [0.25, 0.3) is 0 Å². The first-order chi connectivity index (χ1) is 12.3. The highest BCUT2D eigenvalue weighted by molar-refractivity contribution is 6.31. The van der Waals surface area contributed by atoms with E-state index in [1.807, 2.05) is 42.5 Å². The van der Waals surface area contributed by atoms with Crippen LogP contribution in [0.3, 0.4) is 0 Å². The Morgan fingerprint density at radius 1 is 1.15 bits per heavy atom. The Kier molecular flexibility index (Phi) is 8.52.